The Balaban J connectivity index is 1.62. The third kappa shape index (κ3) is 3.02. The molecule has 1 aliphatic heterocycles. The van der Waals surface area contributed by atoms with E-state index in [1.807, 2.05) is 0 Å². The molecule has 1 heterocycles. The predicted molar refractivity (Wildman–Crippen MR) is 83.4 cm³/mol. The number of nitrogens with one attached hydrogen (secondary N) is 1. The maximum Gasteiger partial charge on any atom is 0.413 e. The van der Waals surface area contributed by atoms with Gasteiger partial charge in [-0.25, -0.2) is 9.69 Å². The highest BCUT2D eigenvalue weighted by molar-refractivity contribution is 6.30. The van der Waals surface area contributed by atoms with E-state index in [0.29, 0.717) is 21.8 Å². The molecule has 2 aromatic carbocycles. The van der Waals surface area contributed by atoms with Crippen molar-refractivity contribution in [2.24, 2.45) is 0 Å². The summed E-state index contributed by atoms with van der Waals surface area (Å²) in [6.07, 6.45) is -0.788. The van der Waals surface area contributed by atoms with E-state index in [1.54, 1.807) is 48.5 Å². The first-order valence-corrected chi connectivity index (χ1v) is 7.08. The second kappa shape index (κ2) is 6.10. The average Bonchev–Trinajstić information content (AvgIpc) is 2.77. The highest BCUT2D eigenvalue weighted by atomic mass is 35.5. The van der Waals surface area contributed by atoms with Crippen molar-refractivity contribution < 1.29 is 19.1 Å². The van der Waals surface area contributed by atoms with Gasteiger partial charge in [-0.15, -0.1) is 0 Å². The second-order valence-electron chi connectivity index (χ2n) is 4.78. The maximum atomic E-state index is 12.1. The minimum Gasteiger partial charge on any atom is -0.427 e. The molecule has 0 radical (unpaired) electrons. The minimum absolute atomic E-state index is 0.302. The summed E-state index contributed by atoms with van der Waals surface area (Å²) in [6, 6.07) is 13.0. The Hall–Kier alpha value is -2.86. The van der Waals surface area contributed by atoms with Crippen molar-refractivity contribution in [2.45, 2.75) is 0 Å². The number of rotatable bonds is 3. The Kier molecular flexibility index (Phi) is 3.99. The average molecular weight is 331 g/mol. The van der Waals surface area contributed by atoms with Gasteiger partial charge in [0, 0.05) is 10.7 Å². The number of carbonyl (C=O) groups excluding carboxylic acids is 3. The number of amides is 3. The topological polar surface area (TPSA) is 75.7 Å². The third-order valence-corrected chi connectivity index (χ3v) is 3.51. The quantitative estimate of drug-likeness (QED) is 0.877. The lowest BCUT2D eigenvalue weighted by atomic mass is 10.1. The van der Waals surface area contributed by atoms with E-state index in [1.165, 1.54) is 0 Å². The van der Waals surface area contributed by atoms with Crippen molar-refractivity contribution >= 4 is 35.2 Å². The van der Waals surface area contributed by atoms with Crippen molar-refractivity contribution in [1.82, 2.24) is 4.90 Å². The van der Waals surface area contributed by atoms with Gasteiger partial charge in [-0.1, -0.05) is 29.8 Å². The Labute approximate surface area is 136 Å². The maximum absolute atomic E-state index is 12.1. The number of anilines is 1. The summed E-state index contributed by atoms with van der Waals surface area (Å²) in [5, 5.41) is 2.92. The molecule has 0 saturated heterocycles. The smallest absolute Gasteiger partial charge is 0.413 e. The van der Waals surface area contributed by atoms with Crippen LogP contribution >= 0.6 is 11.6 Å². The van der Waals surface area contributed by atoms with Gasteiger partial charge in [0.15, 0.2) is 6.73 Å². The molecule has 0 unspecified atom stereocenters. The monoisotopic (exact) mass is 330 g/mol. The zero-order valence-electron chi connectivity index (χ0n) is 11.8. The van der Waals surface area contributed by atoms with E-state index in [2.05, 4.69) is 5.32 Å². The van der Waals surface area contributed by atoms with Crippen molar-refractivity contribution in [3.8, 4) is 0 Å². The van der Waals surface area contributed by atoms with Crippen LogP contribution in [0.3, 0.4) is 0 Å². The van der Waals surface area contributed by atoms with Gasteiger partial charge in [-0.05, 0) is 30.3 Å². The number of ether oxygens (including phenoxy) is 1. The van der Waals surface area contributed by atoms with Crippen LogP contribution in [0.25, 0.3) is 0 Å². The van der Waals surface area contributed by atoms with Crippen LogP contribution in [0.4, 0.5) is 10.5 Å². The van der Waals surface area contributed by atoms with Crippen LogP contribution in [0.1, 0.15) is 20.7 Å². The summed E-state index contributed by atoms with van der Waals surface area (Å²) in [5.74, 6) is -0.970. The Morgan fingerprint density at radius 3 is 2.30 bits per heavy atom. The van der Waals surface area contributed by atoms with Crippen LogP contribution in [0.15, 0.2) is 48.5 Å². The SMILES string of the molecule is O=C(Nc1cccc(Cl)c1)OCN1C(=O)c2ccccc2C1=O. The Morgan fingerprint density at radius 1 is 1.04 bits per heavy atom. The highest BCUT2D eigenvalue weighted by Gasteiger charge is 2.35. The van der Waals surface area contributed by atoms with Crippen LogP contribution in [0.5, 0.6) is 0 Å². The van der Waals surface area contributed by atoms with Gasteiger partial charge >= 0.3 is 6.09 Å². The molecule has 0 spiro atoms. The molecular formula is C16H11ClN2O4. The van der Waals surface area contributed by atoms with E-state index >= 15 is 0 Å². The minimum atomic E-state index is -0.788. The molecule has 6 nitrogen and oxygen atoms in total. The Morgan fingerprint density at radius 2 is 1.70 bits per heavy atom. The fourth-order valence-corrected chi connectivity index (χ4v) is 2.39. The first-order chi connectivity index (χ1) is 11.1. The molecule has 3 amide bonds. The van der Waals surface area contributed by atoms with Crippen LogP contribution in [0, 0.1) is 0 Å². The molecular weight excluding hydrogens is 320 g/mol. The lowest BCUT2D eigenvalue weighted by Crippen LogP contribution is -2.34. The Bertz CT molecular complexity index is 771. The van der Waals surface area contributed by atoms with Crippen molar-refractivity contribution in [2.75, 3.05) is 12.0 Å². The zero-order chi connectivity index (χ0) is 16.4. The van der Waals surface area contributed by atoms with E-state index in [-0.39, 0.29) is 0 Å². The number of hydrogen-bond acceptors (Lipinski definition) is 4. The molecule has 116 valence electrons. The molecule has 0 fully saturated rings. The van der Waals surface area contributed by atoms with Gasteiger partial charge in [0.2, 0.25) is 0 Å². The summed E-state index contributed by atoms with van der Waals surface area (Å²) >= 11 is 5.81. The van der Waals surface area contributed by atoms with Crippen molar-refractivity contribution in [3.63, 3.8) is 0 Å². The molecule has 0 bridgehead atoms. The number of hydrogen-bond donors (Lipinski definition) is 1. The van der Waals surface area contributed by atoms with Crippen molar-refractivity contribution in [1.29, 1.82) is 0 Å². The fourth-order valence-electron chi connectivity index (χ4n) is 2.20. The van der Waals surface area contributed by atoms with Crippen LogP contribution in [-0.2, 0) is 4.74 Å². The molecule has 0 saturated carbocycles. The van der Waals surface area contributed by atoms with Gasteiger partial charge in [0.25, 0.3) is 11.8 Å². The number of carbonyl (C=O) groups is 3. The summed E-state index contributed by atoms with van der Waals surface area (Å²) in [4.78, 5) is 36.8. The molecule has 0 aliphatic carbocycles. The molecule has 7 heteroatoms. The number of nitrogens with zero attached hydrogens (tertiary/aromatic N) is 1. The lowest BCUT2D eigenvalue weighted by molar-refractivity contribution is 0.0449. The second-order valence-corrected chi connectivity index (χ2v) is 5.22. The largest absolute Gasteiger partial charge is 0.427 e. The highest BCUT2D eigenvalue weighted by Crippen LogP contribution is 2.22. The lowest BCUT2D eigenvalue weighted by Gasteiger charge is -2.14. The first-order valence-electron chi connectivity index (χ1n) is 6.71. The molecule has 23 heavy (non-hydrogen) atoms. The van der Waals surface area contributed by atoms with Crippen LogP contribution in [-0.4, -0.2) is 29.5 Å². The van der Waals surface area contributed by atoms with E-state index in [9.17, 15) is 14.4 Å². The molecule has 0 atom stereocenters. The van der Waals surface area contributed by atoms with Gasteiger partial charge in [0.1, 0.15) is 0 Å². The van der Waals surface area contributed by atoms with Crippen molar-refractivity contribution in [3.05, 3.63) is 64.7 Å². The number of fused-ring (bicyclic) bond motifs is 1. The standard InChI is InChI=1S/C16H11ClN2O4/c17-10-4-3-5-11(8-10)18-16(22)23-9-19-14(20)12-6-1-2-7-13(12)15(19)21/h1-8H,9H2,(H,18,22). The summed E-state index contributed by atoms with van der Waals surface area (Å²) in [5.41, 5.74) is 1.05. The normalized spacial score (nSPS) is 13.0. The predicted octanol–water partition coefficient (Wildman–Crippen LogP) is 3.14. The van der Waals surface area contributed by atoms with E-state index in [0.717, 1.165) is 4.90 Å². The molecule has 1 aliphatic rings. The molecule has 3 rings (SSSR count). The number of imide groups is 1. The number of halogens is 1. The molecule has 0 aromatic heterocycles. The summed E-state index contributed by atoms with van der Waals surface area (Å²) < 4.78 is 4.93. The zero-order valence-corrected chi connectivity index (χ0v) is 12.5. The summed E-state index contributed by atoms with van der Waals surface area (Å²) in [6.45, 7) is -0.460. The fraction of sp³-hybridized carbons (Fsp3) is 0.0625. The molecule has 1 N–H and O–H groups in total. The van der Waals surface area contributed by atoms with Gasteiger partial charge in [0.05, 0.1) is 11.1 Å². The van der Waals surface area contributed by atoms with E-state index < -0.39 is 24.6 Å². The van der Waals surface area contributed by atoms with Crippen LogP contribution < -0.4 is 5.32 Å². The van der Waals surface area contributed by atoms with E-state index in [4.69, 9.17) is 16.3 Å². The summed E-state index contributed by atoms with van der Waals surface area (Å²) in [7, 11) is 0. The first kappa shape index (κ1) is 15.1. The van der Waals surface area contributed by atoms with Gasteiger partial charge in [-0.2, -0.15) is 0 Å². The van der Waals surface area contributed by atoms with Gasteiger partial charge in [-0.3, -0.25) is 14.9 Å². The van der Waals surface area contributed by atoms with Gasteiger partial charge < -0.3 is 4.74 Å². The number of benzene rings is 2. The third-order valence-electron chi connectivity index (χ3n) is 3.27. The molecule has 2 aromatic rings. The van der Waals surface area contributed by atoms with Crippen LogP contribution in [0.2, 0.25) is 5.02 Å².